The maximum absolute atomic E-state index is 11.7. The minimum atomic E-state index is -4.44. The van der Waals surface area contributed by atoms with E-state index in [1.165, 1.54) is 0 Å². The highest BCUT2D eigenvalue weighted by atomic mass is 19.4. The van der Waals surface area contributed by atoms with Crippen LogP contribution in [0.15, 0.2) is 0 Å². The number of carbonyl (C=O) groups is 1. The van der Waals surface area contributed by atoms with Gasteiger partial charge in [0.15, 0.2) is 0 Å². The molecule has 2 N–H and O–H groups in total. The minimum absolute atomic E-state index is 0.308. The second-order valence-electron chi connectivity index (χ2n) is 2.26. The van der Waals surface area contributed by atoms with E-state index in [0.29, 0.717) is 0 Å². The SMILES string of the molecule is COC(=O)CC[C@H](N)C(F)(F)F. The summed E-state index contributed by atoms with van der Waals surface area (Å²) in [6, 6.07) is -1.95. The Bertz CT molecular complexity index is 157. The lowest BCUT2D eigenvalue weighted by molar-refractivity contribution is -0.153. The number of rotatable bonds is 3. The first kappa shape index (κ1) is 11.2. The molecule has 0 saturated carbocycles. The first-order chi connectivity index (χ1) is 5.38. The standard InChI is InChI=1S/C6H10F3NO2/c1-12-5(11)3-2-4(10)6(7,8)9/h4H,2-3,10H2,1H3/t4-/m0/s1. The molecule has 0 radical (unpaired) electrons. The number of hydrogen-bond donors (Lipinski definition) is 1. The molecule has 0 saturated heterocycles. The molecule has 0 aromatic carbocycles. The fraction of sp³-hybridized carbons (Fsp3) is 0.833. The number of methoxy groups -OCH3 is 1. The van der Waals surface area contributed by atoms with Crippen LogP contribution in [0.1, 0.15) is 12.8 Å². The van der Waals surface area contributed by atoms with Crippen LogP contribution in [0.25, 0.3) is 0 Å². The second-order valence-corrected chi connectivity index (χ2v) is 2.26. The van der Waals surface area contributed by atoms with Crippen LogP contribution in [0.5, 0.6) is 0 Å². The van der Waals surface area contributed by atoms with Gasteiger partial charge in [0, 0.05) is 6.42 Å². The Morgan fingerprint density at radius 3 is 2.42 bits per heavy atom. The van der Waals surface area contributed by atoms with Gasteiger partial charge in [-0.3, -0.25) is 4.79 Å². The zero-order valence-electron chi connectivity index (χ0n) is 6.52. The third-order valence-corrected chi connectivity index (χ3v) is 1.31. The van der Waals surface area contributed by atoms with Gasteiger partial charge in [-0.05, 0) is 6.42 Å². The zero-order chi connectivity index (χ0) is 9.78. The number of halogens is 3. The van der Waals surface area contributed by atoms with Crippen LogP contribution in [0.3, 0.4) is 0 Å². The Kier molecular flexibility index (Phi) is 4.02. The van der Waals surface area contributed by atoms with E-state index >= 15 is 0 Å². The molecule has 0 aliphatic heterocycles. The first-order valence-corrected chi connectivity index (χ1v) is 3.27. The molecule has 0 fully saturated rings. The fourth-order valence-electron chi connectivity index (χ4n) is 0.539. The van der Waals surface area contributed by atoms with Gasteiger partial charge in [-0.15, -0.1) is 0 Å². The van der Waals surface area contributed by atoms with E-state index in [9.17, 15) is 18.0 Å². The highest BCUT2D eigenvalue weighted by Crippen LogP contribution is 2.21. The summed E-state index contributed by atoms with van der Waals surface area (Å²) in [7, 11) is 1.11. The van der Waals surface area contributed by atoms with Crippen molar-refractivity contribution in [2.75, 3.05) is 7.11 Å². The average molecular weight is 185 g/mol. The van der Waals surface area contributed by atoms with Gasteiger partial charge in [0.25, 0.3) is 0 Å². The van der Waals surface area contributed by atoms with E-state index in [0.717, 1.165) is 7.11 Å². The third kappa shape index (κ3) is 4.17. The Labute approximate surface area is 67.7 Å². The third-order valence-electron chi connectivity index (χ3n) is 1.31. The van der Waals surface area contributed by atoms with Crippen LogP contribution in [-0.2, 0) is 9.53 Å². The molecule has 0 aliphatic rings. The van der Waals surface area contributed by atoms with Crippen LogP contribution >= 0.6 is 0 Å². The van der Waals surface area contributed by atoms with Crippen molar-refractivity contribution in [2.45, 2.75) is 25.1 Å². The lowest BCUT2D eigenvalue weighted by Crippen LogP contribution is -2.37. The molecule has 3 nitrogen and oxygen atoms in total. The molecule has 1 atom stereocenters. The van der Waals surface area contributed by atoms with Gasteiger partial charge < -0.3 is 10.5 Å². The van der Waals surface area contributed by atoms with Crippen LogP contribution in [0.4, 0.5) is 13.2 Å². The number of nitrogens with two attached hydrogens (primary N) is 1. The summed E-state index contributed by atoms with van der Waals surface area (Å²) < 4.78 is 39.3. The van der Waals surface area contributed by atoms with E-state index in [-0.39, 0.29) is 6.42 Å². The molecule has 0 unspecified atom stereocenters. The van der Waals surface area contributed by atoms with Crippen molar-refractivity contribution >= 4 is 5.97 Å². The van der Waals surface area contributed by atoms with Gasteiger partial charge in [-0.2, -0.15) is 13.2 Å². The molecule has 6 heteroatoms. The lowest BCUT2D eigenvalue weighted by Gasteiger charge is -2.13. The zero-order valence-corrected chi connectivity index (χ0v) is 6.52. The molecule has 0 aromatic heterocycles. The molecule has 0 bridgehead atoms. The van der Waals surface area contributed by atoms with Crippen LogP contribution < -0.4 is 5.73 Å². The van der Waals surface area contributed by atoms with Gasteiger partial charge >= 0.3 is 12.1 Å². The lowest BCUT2D eigenvalue weighted by atomic mass is 10.1. The predicted octanol–water partition coefficient (Wildman–Crippen LogP) is 0.829. The van der Waals surface area contributed by atoms with Crippen molar-refractivity contribution in [3.63, 3.8) is 0 Å². The number of hydrogen-bond acceptors (Lipinski definition) is 3. The van der Waals surface area contributed by atoms with Crippen molar-refractivity contribution in [3.8, 4) is 0 Å². The van der Waals surface area contributed by atoms with Crippen molar-refractivity contribution in [2.24, 2.45) is 5.73 Å². The van der Waals surface area contributed by atoms with E-state index in [2.05, 4.69) is 4.74 Å². The van der Waals surface area contributed by atoms with Crippen molar-refractivity contribution < 1.29 is 22.7 Å². The van der Waals surface area contributed by atoms with Crippen LogP contribution in [-0.4, -0.2) is 25.3 Å². The number of carbonyl (C=O) groups excluding carboxylic acids is 1. The minimum Gasteiger partial charge on any atom is -0.469 e. The first-order valence-electron chi connectivity index (χ1n) is 3.27. The molecule has 0 aliphatic carbocycles. The van der Waals surface area contributed by atoms with Gasteiger partial charge in [0.1, 0.15) is 6.04 Å². The van der Waals surface area contributed by atoms with E-state index < -0.39 is 24.6 Å². The Balaban J connectivity index is 3.72. The van der Waals surface area contributed by atoms with E-state index in [1.54, 1.807) is 0 Å². The van der Waals surface area contributed by atoms with Crippen LogP contribution in [0.2, 0.25) is 0 Å². The molecule has 0 amide bonds. The van der Waals surface area contributed by atoms with Crippen molar-refractivity contribution in [1.29, 1.82) is 0 Å². The maximum atomic E-state index is 11.7. The number of ether oxygens (including phenoxy) is 1. The smallest absolute Gasteiger partial charge is 0.403 e. The summed E-state index contributed by atoms with van der Waals surface area (Å²) >= 11 is 0. The van der Waals surface area contributed by atoms with Gasteiger partial charge in [0.2, 0.25) is 0 Å². The number of alkyl halides is 3. The quantitative estimate of drug-likeness (QED) is 0.662. The summed E-state index contributed by atoms with van der Waals surface area (Å²) in [4.78, 5) is 10.4. The Morgan fingerprint density at radius 1 is 1.58 bits per heavy atom. The van der Waals surface area contributed by atoms with Crippen molar-refractivity contribution in [1.82, 2.24) is 0 Å². The molecular weight excluding hydrogens is 175 g/mol. The normalized spacial score (nSPS) is 14.1. The maximum Gasteiger partial charge on any atom is 0.403 e. The molecule has 12 heavy (non-hydrogen) atoms. The summed E-state index contributed by atoms with van der Waals surface area (Å²) in [5.41, 5.74) is 4.72. The molecule has 0 rings (SSSR count). The highest BCUT2D eigenvalue weighted by molar-refractivity contribution is 5.69. The van der Waals surface area contributed by atoms with Gasteiger partial charge in [0.05, 0.1) is 7.11 Å². The Morgan fingerprint density at radius 2 is 2.08 bits per heavy atom. The van der Waals surface area contributed by atoms with Crippen LogP contribution in [0, 0.1) is 0 Å². The highest BCUT2D eigenvalue weighted by Gasteiger charge is 2.36. The number of esters is 1. The van der Waals surface area contributed by atoms with Gasteiger partial charge in [-0.25, -0.2) is 0 Å². The topological polar surface area (TPSA) is 52.3 Å². The predicted molar refractivity (Wildman–Crippen MR) is 35.3 cm³/mol. The average Bonchev–Trinajstić information content (AvgIpc) is 1.97. The molecular formula is C6H10F3NO2. The Hall–Kier alpha value is -0.780. The van der Waals surface area contributed by atoms with Crippen molar-refractivity contribution in [3.05, 3.63) is 0 Å². The van der Waals surface area contributed by atoms with Gasteiger partial charge in [-0.1, -0.05) is 0 Å². The summed E-state index contributed by atoms with van der Waals surface area (Å²) in [5, 5.41) is 0. The summed E-state index contributed by atoms with van der Waals surface area (Å²) in [6.07, 6.45) is -5.18. The summed E-state index contributed by atoms with van der Waals surface area (Å²) in [6.45, 7) is 0. The molecule has 0 aromatic rings. The fourth-order valence-corrected chi connectivity index (χ4v) is 0.539. The molecule has 0 spiro atoms. The summed E-state index contributed by atoms with van der Waals surface area (Å²) in [5.74, 6) is -0.685. The monoisotopic (exact) mass is 185 g/mol. The van der Waals surface area contributed by atoms with E-state index in [4.69, 9.17) is 5.73 Å². The molecule has 0 heterocycles. The largest absolute Gasteiger partial charge is 0.469 e. The molecule has 72 valence electrons. The van der Waals surface area contributed by atoms with E-state index in [1.807, 2.05) is 0 Å². The second kappa shape index (κ2) is 4.30.